The Morgan fingerprint density at radius 2 is 1.97 bits per heavy atom. The van der Waals surface area contributed by atoms with Crippen molar-refractivity contribution in [2.45, 2.75) is 45.1 Å². The molecule has 1 unspecified atom stereocenters. The number of ether oxygens (including phenoxy) is 2. The van der Waals surface area contributed by atoms with Crippen molar-refractivity contribution in [1.29, 1.82) is 0 Å². The average molecular weight is 413 g/mol. The number of urea groups is 1. The maximum absolute atomic E-state index is 13.2. The van der Waals surface area contributed by atoms with Crippen LogP contribution >= 0.6 is 0 Å². The highest BCUT2D eigenvalue weighted by Gasteiger charge is 2.50. The fourth-order valence-corrected chi connectivity index (χ4v) is 4.17. The van der Waals surface area contributed by atoms with Crippen molar-refractivity contribution in [3.05, 3.63) is 35.5 Å². The Balaban J connectivity index is 1.54. The maximum Gasteiger partial charge on any atom is 0.325 e. The van der Waals surface area contributed by atoms with Gasteiger partial charge in [0.15, 0.2) is 11.5 Å². The minimum Gasteiger partial charge on any atom is -0.490 e. The van der Waals surface area contributed by atoms with Crippen LogP contribution in [0, 0.1) is 0 Å². The molecule has 0 aromatic heterocycles. The molecule has 2 heterocycles. The van der Waals surface area contributed by atoms with Gasteiger partial charge >= 0.3 is 6.03 Å². The molecular weight excluding hydrogens is 386 g/mol. The van der Waals surface area contributed by atoms with Crippen molar-refractivity contribution >= 4 is 17.8 Å². The highest BCUT2D eigenvalue weighted by atomic mass is 16.5. The molecule has 1 aromatic rings. The van der Waals surface area contributed by atoms with Gasteiger partial charge in [-0.15, -0.1) is 0 Å². The Kier molecular flexibility index (Phi) is 5.40. The Bertz CT molecular complexity index is 912. The van der Waals surface area contributed by atoms with Crippen LogP contribution in [0.25, 0.3) is 0 Å². The first kappa shape index (κ1) is 20.3. The third-order valence-corrected chi connectivity index (χ3v) is 5.87. The van der Waals surface area contributed by atoms with Crippen LogP contribution in [-0.2, 0) is 15.1 Å². The summed E-state index contributed by atoms with van der Waals surface area (Å²) in [6, 6.07) is 4.66. The number of allylic oxidation sites excluding steroid dienone is 2. The molecule has 0 radical (unpaired) electrons. The number of carbonyl (C=O) groups excluding carboxylic acids is 3. The highest BCUT2D eigenvalue weighted by Crippen LogP contribution is 2.36. The van der Waals surface area contributed by atoms with Gasteiger partial charge in [0.1, 0.15) is 12.1 Å². The van der Waals surface area contributed by atoms with Crippen LogP contribution in [0.4, 0.5) is 4.79 Å². The predicted octanol–water partition coefficient (Wildman–Crippen LogP) is 2.53. The molecule has 1 aliphatic carbocycles. The van der Waals surface area contributed by atoms with Gasteiger partial charge in [0.2, 0.25) is 5.91 Å². The Morgan fingerprint density at radius 3 is 2.67 bits per heavy atom. The maximum atomic E-state index is 13.2. The molecule has 1 N–H and O–H groups in total. The summed E-state index contributed by atoms with van der Waals surface area (Å²) < 4.78 is 11.4. The van der Waals surface area contributed by atoms with E-state index >= 15 is 0 Å². The van der Waals surface area contributed by atoms with Gasteiger partial charge in [-0.3, -0.25) is 14.5 Å². The lowest BCUT2D eigenvalue weighted by Crippen LogP contribution is -2.44. The summed E-state index contributed by atoms with van der Waals surface area (Å²) in [5, 5.41) is 2.76. The second-order valence-corrected chi connectivity index (χ2v) is 7.88. The van der Waals surface area contributed by atoms with Crippen molar-refractivity contribution in [2.24, 2.45) is 0 Å². The third kappa shape index (κ3) is 3.51. The van der Waals surface area contributed by atoms with Crippen LogP contribution < -0.4 is 14.8 Å². The van der Waals surface area contributed by atoms with Gasteiger partial charge in [-0.25, -0.2) is 4.79 Å². The molecule has 2 aliphatic heterocycles. The van der Waals surface area contributed by atoms with Gasteiger partial charge in [-0.2, -0.15) is 0 Å². The molecule has 0 saturated carbocycles. The summed E-state index contributed by atoms with van der Waals surface area (Å²) in [5.74, 6) is 0.462. The van der Waals surface area contributed by atoms with Gasteiger partial charge in [-0.05, 0) is 50.8 Å². The van der Waals surface area contributed by atoms with E-state index in [-0.39, 0.29) is 12.5 Å². The molecule has 4 rings (SSSR count). The normalized spacial score (nSPS) is 23.1. The molecule has 3 aliphatic rings. The van der Waals surface area contributed by atoms with Crippen LogP contribution in [0.3, 0.4) is 0 Å². The molecule has 30 heavy (non-hydrogen) atoms. The molecule has 8 nitrogen and oxygen atoms in total. The van der Waals surface area contributed by atoms with Gasteiger partial charge in [0.05, 0.1) is 13.2 Å². The Hall–Kier alpha value is -3.03. The molecule has 160 valence electrons. The summed E-state index contributed by atoms with van der Waals surface area (Å²) >= 11 is 0. The molecule has 8 heteroatoms. The Labute approximate surface area is 175 Å². The average Bonchev–Trinajstić information content (AvgIpc) is 3.24. The molecule has 0 bridgehead atoms. The van der Waals surface area contributed by atoms with E-state index in [4.69, 9.17) is 9.47 Å². The zero-order valence-corrected chi connectivity index (χ0v) is 17.4. The van der Waals surface area contributed by atoms with Crippen LogP contribution in [0.1, 0.15) is 45.1 Å². The molecule has 1 fully saturated rings. The van der Waals surface area contributed by atoms with E-state index in [1.807, 2.05) is 6.92 Å². The SMILES string of the molecule is CCN(C(=O)CN1C(=O)NC(C)(c2ccc3c(c2)OCCCO3)C1=O)C1=CCCC1. The van der Waals surface area contributed by atoms with Crippen LogP contribution in [0.2, 0.25) is 0 Å². The van der Waals surface area contributed by atoms with E-state index in [1.165, 1.54) is 0 Å². The summed E-state index contributed by atoms with van der Waals surface area (Å²) in [7, 11) is 0. The number of hydrogen-bond donors (Lipinski definition) is 1. The van der Waals surface area contributed by atoms with Crippen molar-refractivity contribution in [3.63, 3.8) is 0 Å². The van der Waals surface area contributed by atoms with E-state index < -0.39 is 17.5 Å². The van der Waals surface area contributed by atoms with E-state index in [2.05, 4.69) is 11.4 Å². The number of nitrogens with zero attached hydrogens (tertiary/aromatic N) is 2. The van der Waals surface area contributed by atoms with E-state index in [1.54, 1.807) is 30.0 Å². The van der Waals surface area contributed by atoms with Crippen LogP contribution in [0.5, 0.6) is 11.5 Å². The number of carbonyl (C=O) groups is 3. The van der Waals surface area contributed by atoms with Crippen molar-refractivity contribution in [1.82, 2.24) is 15.1 Å². The standard InChI is InChI=1S/C22H27N3O5/c1-3-24(16-7-4-5-8-16)19(26)14-25-20(27)22(2,23-21(25)28)15-9-10-17-18(13-15)30-12-6-11-29-17/h7,9-10,13H,3-6,8,11-12,14H2,1-2H3,(H,23,28). The zero-order valence-electron chi connectivity index (χ0n) is 17.4. The van der Waals surface area contributed by atoms with Crippen molar-refractivity contribution in [2.75, 3.05) is 26.3 Å². The molecule has 1 aromatic carbocycles. The minimum atomic E-state index is -1.27. The number of imide groups is 1. The third-order valence-electron chi connectivity index (χ3n) is 5.87. The summed E-state index contributed by atoms with van der Waals surface area (Å²) in [4.78, 5) is 41.4. The number of amides is 4. The van der Waals surface area contributed by atoms with E-state index in [0.717, 1.165) is 36.3 Å². The molecule has 1 atom stereocenters. The predicted molar refractivity (Wildman–Crippen MR) is 109 cm³/mol. The van der Waals surface area contributed by atoms with Gasteiger partial charge < -0.3 is 19.7 Å². The van der Waals surface area contributed by atoms with Gasteiger partial charge in [0.25, 0.3) is 5.91 Å². The van der Waals surface area contributed by atoms with Crippen molar-refractivity contribution < 1.29 is 23.9 Å². The summed E-state index contributed by atoms with van der Waals surface area (Å²) in [6.07, 6.45) is 5.63. The topological polar surface area (TPSA) is 88.2 Å². The minimum absolute atomic E-state index is 0.253. The summed E-state index contributed by atoms with van der Waals surface area (Å²) in [5.41, 5.74) is 0.289. The number of nitrogens with one attached hydrogen (secondary N) is 1. The molecule has 1 saturated heterocycles. The number of likely N-dealkylation sites (N-methyl/N-ethyl adjacent to an activating group) is 1. The highest BCUT2D eigenvalue weighted by molar-refractivity contribution is 6.09. The quantitative estimate of drug-likeness (QED) is 0.750. The largest absolute Gasteiger partial charge is 0.490 e. The van der Waals surface area contributed by atoms with Crippen LogP contribution in [0.15, 0.2) is 30.0 Å². The first-order chi connectivity index (χ1) is 14.4. The fraction of sp³-hybridized carbons (Fsp3) is 0.500. The van der Waals surface area contributed by atoms with Gasteiger partial charge in [-0.1, -0.05) is 12.1 Å². The summed E-state index contributed by atoms with van der Waals surface area (Å²) in [6.45, 7) is 4.86. The second-order valence-electron chi connectivity index (χ2n) is 7.88. The first-order valence-electron chi connectivity index (χ1n) is 10.5. The number of fused-ring (bicyclic) bond motifs is 1. The zero-order chi connectivity index (χ0) is 21.3. The molecule has 4 amide bonds. The lowest BCUT2D eigenvalue weighted by atomic mass is 9.91. The smallest absolute Gasteiger partial charge is 0.325 e. The van der Waals surface area contributed by atoms with Crippen molar-refractivity contribution in [3.8, 4) is 11.5 Å². The van der Waals surface area contributed by atoms with E-state index in [9.17, 15) is 14.4 Å². The lowest BCUT2D eigenvalue weighted by molar-refractivity contribution is -0.137. The fourth-order valence-electron chi connectivity index (χ4n) is 4.17. The molecule has 0 spiro atoms. The number of benzene rings is 1. The van der Waals surface area contributed by atoms with Crippen LogP contribution in [-0.4, -0.2) is 53.9 Å². The van der Waals surface area contributed by atoms with E-state index in [0.29, 0.717) is 36.8 Å². The Morgan fingerprint density at radius 1 is 1.20 bits per heavy atom. The second kappa shape index (κ2) is 8.01. The monoisotopic (exact) mass is 413 g/mol. The first-order valence-corrected chi connectivity index (χ1v) is 10.5. The number of hydrogen-bond acceptors (Lipinski definition) is 5. The molecular formula is C22H27N3O5. The lowest BCUT2D eigenvalue weighted by Gasteiger charge is -2.25. The number of rotatable bonds is 5. The van der Waals surface area contributed by atoms with Gasteiger partial charge in [0, 0.05) is 18.7 Å².